The van der Waals surface area contributed by atoms with Crippen LogP contribution in [0.4, 0.5) is 5.69 Å². The molecule has 0 saturated carbocycles. The minimum absolute atomic E-state index is 0.105. The number of hydrogen-bond donors (Lipinski definition) is 0. The first-order valence-corrected chi connectivity index (χ1v) is 11.7. The van der Waals surface area contributed by atoms with Gasteiger partial charge in [0, 0.05) is 50.4 Å². The van der Waals surface area contributed by atoms with Crippen molar-refractivity contribution in [3.05, 3.63) is 54.1 Å². The van der Waals surface area contributed by atoms with Crippen LogP contribution >= 0.6 is 0 Å². The van der Waals surface area contributed by atoms with Crippen molar-refractivity contribution in [1.29, 1.82) is 0 Å². The predicted octanol–water partition coefficient (Wildman–Crippen LogP) is 1.97. The van der Waals surface area contributed by atoms with Gasteiger partial charge in [-0.25, -0.2) is 8.42 Å². The van der Waals surface area contributed by atoms with Crippen LogP contribution in [0.1, 0.15) is 23.2 Å². The minimum Gasteiger partial charge on any atom is -0.497 e. The predicted molar refractivity (Wildman–Crippen MR) is 116 cm³/mol. The van der Waals surface area contributed by atoms with Crippen LogP contribution in [-0.4, -0.2) is 69.3 Å². The van der Waals surface area contributed by atoms with Crippen LogP contribution in [0.15, 0.2) is 53.4 Å². The summed E-state index contributed by atoms with van der Waals surface area (Å²) in [7, 11) is -2.09. The Morgan fingerprint density at radius 1 is 0.903 bits per heavy atom. The summed E-state index contributed by atoms with van der Waals surface area (Å²) in [5.41, 5.74) is 1.33. The van der Waals surface area contributed by atoms with E-state index >= 15 is 0 Å². The highest BCUT2D eigenvalue weighted by atomic mass is 32.2. The summed E-state index contributed by atoms with van der Waals surface area (Å²) in [6.45, 7) is 1.82. The van der Waals surface area contributed by atoms with Crippen LogP contribution in [0.3, 0.4) is 0 Å². The molecule has 0 aliphatic carbocycles. The monoisotopic (exact) mass is 443 g/mol. The molecule has 4 rings (SSSR count). The van der Waals surface area contributed by atoms with Gasteiger partial charge in [-0.3, -0.25) is 9.59 Å². The van der Waals surface area contributed by atoms with Crippen LogP contribution in [0, 0.1) is 0 Å². The molecule has 2 aromatic rings. The maximum absolute atomic E-state index is 12.9. The van der Waals surface area contributed by atoms with Crippen molar-refractivity contribution in [3.8, 4) is 5.75 Å². The second-order valence-corrected chi connectivity index (χ2v) is 9.51. The van der Waals surface area contributed by atoms with E-state index in [1.165, 1.54) is 23.5 Å². The van der Waals surface area contributed by atoms with E-state index in [-0.39, 0.29) is 29.8 Å². The first-order valence-electron chi connectivity index (χ1n) is 10.2. The quantitative estimate of drug-likeness (QED) is 0.705. The van der Waals surface area contributed by atoms with Gasteiger partial charge in [0.2, 0.25) is 15.9 Å². The van der Waals surface area contributed by atoms with E-state index in [9.17, 15) is 18.0 Å². The number of carbonyl (C=O) groups is 2. The van der Waals surface area contributed by atoms with Gasteiger partial charge in [0.05, 0.1) is 12.0 Å². The SMILES string of the molecule is COc1ccc(S(=O)(=O)N2CCN(C(=O)c3ccc(N4CCCC4=O)cc3)CC2)cc1. The number of carbonyl (C=O) groups excluding carboxylic acids is 2. The number of benzene rings is 2. The topological polar surface area (TPSA) is 87.2 Å². The molecule has 9 heteroatoms. The van der Waals surface area contributed by atoms with E-state index in [1.807, 2.05) is 0 Å². The van der Waals surface area contributed by atoms with Crippen molar-refractivity contribution >= 4 is 27.5 Å². The third-order valence-corrected chi connectivity index (χ3v) is 7.64. The fraction of sp³-hybridized carbons (Fsp3) is 0.364. The number of nitrogens with zero attached hydrogens (tertiary/aromatic N) is 3. The number of methoxy groups -OCH3 is 1. The molecule has 2 aliphatic rings. The Kier molecular flexibility index (Phi) is 5.97. The van der Waals surface area contributed by atoms with E-state index in [2.05, 4.69) is 0 Å². The van der Waals surface area contributed by atoms with Gasteiger partial charge in [0.1, 0.15) is 5.75 Å². The highest BCUT2D eigenvalue weighted by Gasteiger charge is 2.30. The van der Waals surface area contributed by atoms with E-state index in [0.717, 1.165) is 12.1 Å². The minimum atomic E-state index is -3.62. The van der Waals surface area contributed by atoms with Gasteiger partial charge in [-0.2, -0.15) is 4.31 Å². The standard InChI is InChI=1S/C22H25N3O5S/c1-30-19-8-10-20(11-9-19)31(28,29)24-15-13-23(14-16-24)22(27)17-4-6-18(7-5-17)25-12-2-3-21(25)26/h4-11H,2-3,12-16H2,1H3. The number of sulfonamides is 1. The van der Waals surface area contributed by atoms with Crippen molar-refractivity contribution in [2.24, 2.45) is 0 Å². The average Bonchev–Trinajstić information content (AvgIpc) is 3.24. The first kappa shape index (κ1) is 21.3. The highest BCUT2D eigenvalue weighted by Crippen LogP contribution is 2.23. The molecular weight excluding hydrogens is 418 g/mol. The second-order valence-electron chi connectivity index (χ2n) is 7.57. The number of ether oxygens (including phenoxy) is 1. The zero-order valence-corrected chi connectivity index (χ0v) is 18.2. The zero-order valence-electron chi connectivity index (χ0n) is 17.4. The first-order chi connectivity index (χ1) is 14.9. The lowest BCUT2D eigenvalue weighted by Crippen LogP contribution is -2.50. The number of hydrogen-bond acceptors (Lipinski definition) is 5. The zero-order chi connectivity index (χ0) is 22.0. The number of amides is 2. The maximum atomic E-state index is 12.9. The number of anilines is 1. The van der Waals surface area contributed by atoms with Crippen LogP contribution < -0.4 is 9.64 Å². The van der Waals surface area contributed by atoms with Gasteiger partial charge in [-0.05, 0) is 55.0 Å². The van der Waals surface area contributed by atoms with Crippen molar-refractivity contribution in [1.82, 2.24) is 9.21 Å². The van der Waals surface area contributed by atoms with E-state index in [1.54, 1.807) is 46.2 Å². The lowest BCUT2D eigenvalue weighted by molar-refractivity contribution is -0.117. The Balaban J connectivity index is 1.38. The molecule has 31 heavy (non-hydrogen) atoms. The Hall–Kier alpha value is -2.91. The summed E-state index contributed by atoms with van der Waals surface area (Å²) >= 11 is 0. The third kappa shape index (κ3) is 4.28. The summed E-state index contributed by atoms with van der Waals surface area (Å²) in [6.07, 6.45) is 1.41. The molecule has 2 aliphatic heterocycles. The molecule has 2 saturated heterocycles. The molecule has 0 unspecified atom stereocenters. The van der Waals surface area contributed by atoms with E-state index < -0.39 is 10.0 Å². The van der Waals surface area contributed by atoms with Crippen LogP contribution in [0.5, 0.6) is 5.75 Å². The van der Waals surface area contributed by atoms with Gasteiger partial charge in [0.25, 0.3) is 5.91 Å². The van der Waals surface area contributed by atoms with Gasteiger partial charge in [0.15, 0.2) is 0 Å². The summed E-state index contributed by atoms with van der Waals surface area (Å²) in [6, 6.07) is 13.3. The molecule has 2 amide bonds. The molecule has 164 valence electrons. The molecule has 8 nitrogen and oxygen atoms in total. The van der Waals surface area contributed by atoms with E-state index in [4.69, 9.17) is 4.74 Å². The number of rotatable bonds is 5. The smallest absolute Gasteiger partial charge is 0.253 e. The largest absolute Gasteiger partial charge is 0.497 e. The molecular formula is C22H25N3O5S. The normalized spacial score (nSPS) is 17.8. The molecule has 0 bridgehead atoms. The summed E-state index contributed by atoms with van der Waals surface area (Å²) in [5.74, 6) is 0.559. The maximum Gasteiger partial charge on any atom is 0.253 e. The Morgan fingerprint density at radius 3 is 2.10 bits per heavy atom. The summed E-state index contributed by atoms with van der Waals surface area (Å²) < 4.78 is 32.2. The highest BCUT2D eigenvalue weighted by molar-refractivity contribution is 7.89. The van der Waals surface area contributed by atoms with Crippen molar-refractivity contribution in [2.45, 2.75) is 17.7 Å². The lowest BCUT2D eigenvalue weighted by Gasteiger charge is -2.34. The van der Waals surface area contributed by atoms with Gasteiger partial charge < -0.3 is 14.5 Å². The van der Waals surface area contributed by atoms with Crippen LogP contribution in [0.25, 0.3) is 0 Å². The Bertz CT molecular complexity index is 1060. The second kappa shape index (κ2) is 8.68. The van der Waals surface area contributed by atoms with Gasteiger partial charge in [-0.1, -0.05) is 0 Å². The average molecular weight is 444 g/mol. The number of piperazine rings is 1. The summed E-state index contributed by atoms with van der Waals surface area (Å²) in [4.78, 5) is 28.3. The van der Waals surface area contributed by atoms with Crippen molar-refractivity contribution < 1.29 is 22.7 Å². The fourth-order valence-corrected chi connectivity index (χ4v) is 5.34. The third-order valence-electron chi connectivity index (χ3n) is 5.72. The molecule has 0 aromatic heterocycles. The van der Waals surface area contributed by atoms with Gasteiger partial charge >= 0.3 is 0 Å². The van der Waals surface area contributed by atoms with Crippen LogP contribution in [0.2, 0.25) is 0 Å². The molecule has 0 radical (unpaired) electrons. The fourth-order valence-electron chi connectivity index (χ4n) is 3.92. The molecule has 0 N–H and O–H groups in total. The van der Waals surface area contributed by atoms with Gasteiger partial charge in [-0.15, -0.1) is 0 Å². The Labute approximate surface area is 182 Å². The molecule has 0 atom stereocenters. The van der Waals surface area contributed by atoms with Crippen molar-refractivity contribution in [3.63, 3.8) is 0 Å². The molecule has 0 spiro atoms. The Morgan fingerprint density at radius 2 is 1.55 bits per heavy atom. The lowest BCUT2D eigenvalue weighted by atomic mass is 10.1. The van der Waals surface area contributed by atoms with Crippen molar-refractivity contribution in [2.75, 3.05) is 44.7 Å². The van der Waals surface area contributed by atoms with Crippen LogP contribution in [-0.2, 0) is 14.8 Å². The molecule has 2 heterocycles. The molecule has 2 aromatic carbocycles. The molecule has 2 fully saturated rings. The summed E-state index contributed by atoms with van der Waals surface area (Å²) in [5, 5.41) is 0. The van der Waals surface area contributed by atoms with E-state index in [0.29, 0.717) is 37.4 Å².